The van der Waals surface area contributed by atoms with Crippen LogP contribution in [0.2, 0.25) is 0 Å². The van der Waals surface area contributed by atoms with Gasteiger partial charge in [0.05, 0.1) is 12.7 Å². The van der Waals surface area contributed by atoms with Crippen LogP contribution in [-0.2, 0) is 12.7 Å². The number of aromatic nitrogens is 3. The lowest BCUT2D eigenvalue weighted by molar-refractivity contribution is -0.138. The second kappa shape index (κ2) is 9.06. The Hall–Kier alpha value is -2.58. The van der Waals surface area contributed by atoms with Crippen molar-refractivity contribution in [1.82, 2.24) is 20.1 Å². The van der Waals surface area contributed by atoms with Crippen LogP contribution in [0, 0.1) is 0 Å². The average molecular weight is 439 g/mol. The van der Waals surface area contributed by atoms with Crippen LogP contribution in [0.15, 0.2) is 42.5 Å². The minimum atomic E-state index is -4.52. The van der Waals surface area contributed by atoms with E-state index in [1.54, 1.807) is 0 Å². The van der Waals surface area contributed by atoms with Gasteiger partial charge in [0, 0.05) is 17.7 Å². The molecule has 1 aliphatic heterocycles. The molecule has 0 spiro atoms. The van der Waals surface area contributed by atoms with Gasteiger partial charge in [0.15, 0.2) is 11.6 Å². The van der Waals surface area contributed by atoms with E-state index >= 15 is 0 Å². The molecule has 4 rings (SSSR count). The van der Waals surface area contributed by atoms with E-state index in [-0.39, 0.29) is 24.0 Å². The van der Waals surface area contributed by atoms with Crippen molar-refractivity contribution in [2.24, 2.45) is 0 Å². The Morgan fingerprint density at radius 1 is 1.07 bits per heavy atom. The van der Waals surface area contributed by atoms with Gasteiger partial charge in [-0.3, -0.25) is 10.00 Å². The minimum absolute atomic E-state index is 0. The van der Waals surface area contributed by atoms with Crippen molar-refractivity contribution in [3.8, 4) is 28.5 Å². The molecule has 0 amide bonds. The Labute approximate surface area is 178 Å². The van der Waals surface area contributed by atoms with Crippen LogP contribution in [0.5, 0.6) is 5.75 Å². The zero-order valence-electron chi connectivity index (χ0n) is 16.4. The summed E-state index contributed by atoms with van der Waals surface area (Å²) in [7, 11) is 1.21. The molecule has 2 aromatic carbocycles. The van der Waals surface area contributed by atoms with Crippen LogP contribution >= 0.6 is 12.4 Å². The molecule has 0 aliphatic carbocycles. The van der Waals surface area contributed by atoms with Gasteiger partial charge in [-0.05, 0) is 55.8 Å². The van der Waals surface area contributed by atoms with Crippen LogP contribution in [0.4, 0.5) is 13.2 Å². The standard InChI is InChI=1S/C21H21F3N4O.ClH/c1-29-18-8-7-16(12-17(18)21(22,23)24)20-25-19(26-27-20)15-6-4-5-14(11-15)13-28-9-2-3-10-28;/h4-8,11-12H,2-3,9-10,13H2,1H3,(H,25,26,27);1H. The Kier molecular flexibility index (Phi) is 6.67. The molecule has 5 nitrogen and oxygen atoms in total. The number of methoxy groups -OCH3 is 1. The summed E-state index contributed by atoms with van der Waals surface area (Å²) in [6.45, 7) is 3.08. The summed E-state index contributed by atoms with van der Waals surface area (Å²) in [4.78, 5) is 6.82. The molecule has 160 valence electrons. The van der Waals surface area contributed by atoms with Gasteiger partial charge >= 0.3 is 6.18 Å². The lowest BCUT2D eigenvalue weighted by atomic mass is 10.1. The van der Waals surface area contributed by atoms with Crippen molar-refractivity contribution in [3.05, 3.63) is 53.6 Å². The molecule has 30 heavy (non-hydrogen) atoms. The van der Waals surface area contributed by atoms with E-state index in [4.69, 9.17) is 4.74 Å². The number of benzene rings is 2. The number of hydrogen-bond donors (Lipinski definition) is 1. The van der Waals surface area contributed by atoms with E-state index in [2.05, 4.69) is 26.1 Å². The maximum absolute atomic E-state index is 13.3. The fraction of sp³-hybridized carbons (Fsp3) is 0.333. The number of H-pyrrole nitrogens is 1. The van der Waals surface area contributed by atoms with Gasteiger partial charge in [0.2, 0.25) is 0 Å². The molecule has 0 bridgehead atoms. The highest BCUT2D eigenvalue weighted by molar-refractivity contribution is 5.85. The lowest BCUT2D eigenvalue weighted by Gasteiger charge is -2.14. The number of ether oxygens (including phenoxy) is 1. The zero-order valence-corrected chi connectivity index (χ0v) is 17.2. The van der Waals surface area contributed by atoms with Crippen LogP contribution in [-0.4, -0.2) is 40.3 Å². The fourth-order valence-electron chi connectivity index (χ4n) is 3.60. The number of nitrogens with zero attached hydrogens (tertiary/aromatic N) is 3. The summed E-state index contributed by atoms with van der Waals surface area (Å²) in [6, 6.07) is 11.8. The Balaban J connectivity index is 0.00000256. The third-order valence-corrected chi connectivity index (χ3v) is 5.05. The van der Waals surface area contributed by atoms with E-state index in [1.807, 2.05) is 18.2 Å². The predicted molar refractivity (Wildman–Crippen MR) is 111 cm³/mol. The molecule has 2 heterocycles. The second-order valence-electron chi connectivity index (χ2n) is 7.10. The quantitative estimate of drug-likeness (QED) is 0.596. The SMILES string of the molecule is COc1ccc(-c2nc(-c3cccc(CN4CCCC4)c3)n[nH]2)cc1C(F)(F)F.Cl. The van der Waals surface area contributed by atoms with Crippen molar-refractivity contribution in [1.29, 1.82) is 0 Å². The number of nitrogens with one attached hydrogen (secondary N) is 1. The molecule has 0 atom stereocenters. The molecule has 1 N–H and O–H groups in total. The van der Waals surface area contributed by atoms with Gasteiger partial charge in [-0.2, -0.15) is 18.3 Å². The molecular formula is C21H22ClF3N4O. The number of alkyl halides is 3. The summed E-state index contributed by atoms with van der Waals surface area (Å²) in [5.74, 6) is 0.501. The van der Waals surface area contributed by atoms with Gasteiger partial charge < -0.3 is 4.74 Å². The maximum Gasteiger partial charge on any atom is 0.419 e. The summed E-state index contributed by atoms with van der Waals surface area (Å²) in [6.07, 6.45) is -2.06. The van der Waals surface area contributed by atoms with E-state index in [0.717, 1.165) is 31.3 Å². The Bertz CT molecular complexity index is 1000. The molecule has 1 saturated heterocycles. The van der Waals surface area contributed by atoms with Crippen LogP contribution < -0.4 is 4.74 Å². The molecule has 1 aromatic heterocycles. The number of likely N-dealkylation sites (tertiary alicyclic amines) is 1. The predicted octanol–water partition coefficient (Wildman–Crippen LogP) is 5.18. The summed E-state index contributed by atoms with van der Waals surface area (Å²) in [5.41, 5.74) is 1.45. The van der Waals surface area contributed by atoms with Gasteiger partial charge in [-0.1, -0.05) is 18.2 Å². The number of aromatic amines is 1. The first-order valence-electron chi connectivity index (χ1n) is 9.44. The Morgan fingerprint density at radius 2 is 1.83 bits per heavy atom. The van der Waals surface area contributed by atoms with Gasteiger partial charge in [-0.15, -0.1) is 12.4 Å². The third kappa shape index (κ3) is 4.76. The summed E-state index contributed by atoms with van der Waals surface area (Å²) >= 11 is 0. The Morgan fingerprint density at radius 3 is 2.53 bits per heavy atom. The largest absolute Gasteiger partial charge is 0.496 e. The van der Waals surface area contributed by atoms with E-state index in [9.17, 15) is 13.2 Å². The normalized spacial score (nSPS) is 14.5. The third-order valence-electron chi connectivity index (χ3n) is 5.05. The van der Waals surface area contributed by atoms with Gasteiger partial charge in [0.1, 0.15) is 5.75 Å². The smallest absolute Gasteiger partial charge is 0.419 e. The van der Waals surface area contributed by atoms with Gasteiger partial charge in [0.25, 0.3) is 0 Å². The van der Waals surface area contributed by atoms with Crippen molar-refractivity contribution >= 4 is 12.4 Å². The first kappa shape index (κ1) is 22.1. The van der Waals surface area contributed by atoms with Crippen LogP contribution in [0.25, 0.3) is 22.8 Å². The first-order chi connectivity index (χ1) is 13.9. The number of rotatable bonds is 5. The fourth-order valence-corrected chi connectivity index (χ4v) is 3.60. The monoisotopic (exact) mass is 438 g/mol. The topological polar surface area (TPSA) is 54.0 Å². The average Bonchev–Trinajstić information content (AvgIpc) is 3.39. The molecular weight excluding hydrogens is 417 g/mol. The number of halogens is 4. The molecule has 0 saturated carbocycles. The highest BCUT2D eigenvalue weighted by Crippen LogP contribution is 2.38. The highest BCUT2D eigenvalue weighted by Gasteiger charge is 2.34. The van der Waals surface area contributed by atoms with Crippen LogP contribution in [0.1, 0.15) is 24.0 Å². The van der Waals surface area contributed by atoms with Crippen molar-refractivity contribution < 1.29 is 17.9 Å². The van der Waals surface area contributed by atoms with E-state index in [1.165, 1.54) is 37.6 Å². The molecule has 0 radical (unpaired) electrons. The van der Waals surface area contributed by atoms with Crippen molar-refractivity contribution in [3.63, 3.8) is 0 Å². The highest BCUT2D eigenvalue weighted by atomic mass is 35.5. The second-order valence-corrected chi connectivity index (χ2v) is 7.10. The van der Waals surface area contributed by atoms with Crippen LogP contribution in [0.3, 0.4) is 0 Å². The van der Waals surface area contributed by atoms with Crippen molar-refractivity contribution in [2.75, 3.05) is 20.2 Å². The van der Waals surface area contributed by atoms with Crippen molar-refractivity contribution in [2.45, 2.75) is 25.6 Å². The molecule has 1 fully saturated rings. The zero-order chi connectivity index (χ0) is 20.4. The molecule has 1 aliphatic rings. The first-order valence-corrected chi connectivity index (χ1v) is 9.44. The lowest BCUT2D eigenvalue weighted by Crippen LogP contribution is -2.18. The summed E-state index contributed by atoms with van der Waals surface area (Å²) < 4.78 is 44.7. The minimum Gasteiger partial charge on any atom is -0.496 e. The summed E-state index contributed by atoms with van der Waals surface area (Å²) in [5, 5.41) is 6.96. The van der Waals surface area contributed by atoms with Gasteiger partial charge in [-0.25, -0.2) is 4.98 Å². The molecule has 0 unspecified atom stereocenters. The number of hydrogen-bond acceptors (Lipinski definition) is 4. The molecule has 9 heteroatoms. The van der Waals surface area contributed by atoms with E-state index in [0.29, 0.717) is 11.4 Å². The maximum atomic E-state index is 13.3. The molecule has 3 aromatic rings. The van der Waals surface area contributed by atoms with E-state index < -0.39 is 11.7 Å².